The molecule has 1 unspecified atom stereocenters. The van der Waals surface area contributed by atoms with Crippen LogP contribution >= 0.6 is 0 Å². The Balaban J connectivity index is 2.10. The molecule has 2 rings (SSSR count). The maximum Gasteiger partial charge on any atom is 0.450 e. The average Bonchev–Trinajstić information content (AvgIpc) is 2.72. The number of carbonyl (C=O) groups is 1. The highest BCUT2D eigenvalue weighted by Gasteiger charge is 2.44. The third-order valence-electron chi connectivity index (χ3n) is 3.72. The summed E-state index contributed by atoms with van der Waals surface area (Å²) >= 11 is 0. The number of aromatic nitrogens is 2. The van der Waals surface area contributed by atoms with Gasteiger partial charge in [0.05, 0.1) is 0 Å². The van der Waals surface area contributed by atoms with Crippen LogP contribution in [-0.4, -0.2) is 22.1 Å². The van der Waals surface area contributed by atoms with Crippen LogP contribution in [0.3, 0.4) is 0 Å². The van der Waals surface area contributed by atoms with Gasteiger partial charge in [0.2, 0.25) is 11.7 Å². The van der Waals surface area contributed by atoms with E-state index in [-0.39, 0.29) is 11.8 Å². The van der Waals surface area contributed by atoms with Crippen molar-refractivity contribution in [1.29, 1.82) is 0 Å². The number of ketones is 1. The van der Waals surface area contributed by atoms with Gasteiger partial charge in [-0.15, -0.1) is 0 Å². The molecule has 1 heterocycles. The third kappa shape index (κ3) is 3.37. The molecule has 0 N–H and O–H groups in total. The predicted molar refractivity (Wildman–Crippen MR) is 64.2 cm³/mol. The van der Waals surface area contributed by atoms with Crippen LogP contribution < -0.4 is 0 Å². The summed E-state index contributed by atoms with van der Waals surface area (Å²) in [7, 11) is 0. The molecule has 0 amide bonds. The number of halogens is 3. The van der Waals surface area contributed by atoms with Gasteiger partial charge < -0.3 is 4.52 Å². The minimum Gasteiger partial charge on any atom is -0.339 e. The Bertz CT molecular complexity index is 462. The highest BCUT2D eigenvalue weighted by Crippen LogP contribution is 2.32. The Morgan fingerprint density at radius 3 is 2.40 bits per heavy atom. The Hall–Kier alpha value is -1.40. The smallest absolute Gasteiger partial charge is 0.339 e. The van der Waals surface area contributed by atoms with Gasteiger partial charge in [0.15, 0.2) is 5.82 Å². The SMILES string of the molecule is CC(C(=O)C(F)(F)F)c1nc(C2CCCCCC2)no1. The molecule has 1 atom stereocenters. The Morgan fingerprint density at radius 2 is 1.85 bits per heavy atom. The van der Waals surface area contributed by atoms with E-state index >= 15 is 0 Å². The Kier molecular flexibility index (Phi) is 4.45. The first kappa shape index (κ1) is 15.0. The van der Waals surface area contributed by atoms with Crippen molar-refractivity contribution in [3.63, 3.8) is 0 Å². The molecule has 0 aliphatic heterocycles. The van der Waals surface area contributed by atoms with Crippen LogP contribution in [0, 0.1) is 0 Å². The van der Waals surface area contributed by atoms with Crippen LogP contribution in [0.5, 0.6) is 0 Å². The zero-order valence-corrected chi connectivity index (χ0v) is 11.2. The molecule has 1 aliphatic rings. The minimum atomic E-state index is -4.88. The lowest BCUT2D eigenvalue weighted by Gasteiger charge is -2.09. The van der Waals surface area contributed by atoms with Gasteiger partial charge in [-0.1, -0.05) is 30.8 Å². The van der Waals surface area contributed by atoms with Crippen molar-refractivity contribution in [2.24, 2.45) is 0 Å². The molecule has 20 heavy (non-hydrogen) atoms. The van der Waals surface area contributed by atoms with E-state index in [0.717, 1.165) is 45.4 Å². The number of nitrogens with zero attached hydrogens (tertiary/aromatic N) is 2. The zero-order chi connectivity index (χ0) is 14.8. The Morgan fingerprint density at radius 1 is 1.25 bits per heavy atom. The lowest BCUT2D eigenvalue weighted by Crippen LogP contribution is -2.27. The van der Waals surface area contributed by atoms with E-state index in [4.69, 9.17) is 4.52 Å². The first-order chi connectivity index (χ1) is 9.39. The van der Waals surface area contributed by atoms with Gasteiger partial charge in [0, 0.05) is 5.92 Å². The van der Waals surface area contributed by atoms with Crippen LogP contribution in [0.4, 0.5) is 13.2 Å². The molecule has 1 fully saturated rings. The summed E-state index contributed by atoms with van der Waals surface area (Å²) in [6, 6.07) is 0. The third-order valence-corrected chi connectivity index (χ3v) is 3.72. The molecule has 0 spiro atoms. The van der Waals surface area contributed by atoms with Crippen molar-refractivity contribution in [3.8, 4) is 0 Å². The highest BCUT2D eigenvalue weighted by atomic mass is 19.4. The van der Waals surface area contributed by atoms with Crippen LogP contribution in [-0.2, 0) is 4.79 Å². The summed E-state index contributed by atoms with van der Waals surface area (Å²) in [5.41, 5.74) is 0. The standard InChI is InChI=1S/C13H17F3N2O2/c1-8(10(19)13(14,15)16)12-17-11(18-20-12)9-6-4-2-3-5-7-9/h8-9H,2-7H2,1H3. The van der Waals surface area contributed by atoms with Crippen LogP contribution in [0.15, 0.2) is 4.52 Å². The van der Waals surface area contributed by atoms with Crippen LogP contribution in [0.1, 0.15) is 69.0 Å². The largest absolute Gasteiger partial charge is 0.450 e. The predicted octanol–water partition coefficient (Wildman–Crippen LogP) is 3.74. The van der Waals surface area contributed by atoms with E-state index in [1.54, 1.807) is 0 Å². The van der Waals surface area contributed by atoms with Crippen molar-refractivity contribution >= 4 is 5.78 Å². The number of alkyl halides is 3. The molecule has 4 nitrogen and oxygen atoms in total. The van der Waals surface area contributed by atoms with Crippen LogP contribution in [0.25, 0.3) is 0 Å². The van der Waals surface area contributed by atoms with E-state index in [0.29, 0.717) is 5.82 Å². The zero-order valence-electron chi connectivity index (χ0n) is 11.2. The second-order valence-electron chi connectivity index (χ2n) is 5.26. The van der Waals surface area contributed by atoms with Gasteiger partial charge in [-0.2, -0.15) is 18.2 Å². The fraction of sp³-hybridized carbons (Fsp3) is 0.769. The van der Waals surface area contributed by atoms with E-state index in [1.165, 1.54) is 0 Å². The normalized spacial score (nSPS) is 19.6. The van der Waals surface area contributed by atoms with Crippen molar-refractivity contribution < 1.29 is 22.5 Å². The number of hydrogen-bond donors (Lipinski definition) is 0. The summed E-state index contributed by atoms with van der Waals surface area (Å²) in [5.74, 6) is -2.98. The summed E-state index contributed by atoms with van der Waals surface area (Å²) in [4.78, 5) is 15.2. The summed E-state index contributed by atoms with van der Waals surface area (Å²) < 4.78 is 41.9. The molecule has 1 aliphatic carbocycles. The maximum atomic E-state index is 12.4. The van der Waals surface area contributed by atoms with E-state index in [1.807, 2.05) is 0 Å². The van der Waals surface area contributed by atoms with Gasteiger partial charge in [-0.05, 0) is 19.8 Å². The number of rotatable bonds is 3. The molecule has 7 heteroatoms. The fourth-order valence-electron chi connectivity index (χ4n) is 2.48. The molecular formula is C13H17F3N2O2. The van der Waals surface area contributed by atoms with Crippen LogP contribution in [0.2, 0.25) is 0 Å². The van der Waals surface area contributed by atoms with Crippen molar-refractivity contribution in [2.75, 3.05) is 0 Å². The molecule has 1 aromatic rings. The van der Waals surface area contributed by atoms with E-state index in [2.05, 4.69) is 10.1 Å². The van der Waals surface area contributed by atoms with E-state index in [9.17, 15) is 18.0 Å². The molecular weight excluding hydrogens is 273 g/mol. The quantitative estimate of drug-likeness (QED) is 0.796. The molecule has 1 aromatic heterocycles. The Labute approximate surface area is 114 Å². The van der Waals surface area contributed by atoms with Gasteiger partial charge in [0.1, 0.15) is 5.92 Å². The van der Waals surface area contributed by atoms with Gasteiger partial charge in [-0.3, -0.25) is 4.79 Å². The minimum absolute atomic E-state index is 0.128. The monoisotopic (exact) mass is 290 g/mol. The fourth-order valence-corrected chi connectivity index (χ4v) is 2.48. The second-order valence-corrected chi connectivity index (χ2v) is 5.26. The van der Waals surface area contributed by atoms with Crippen molar-refractivity contribution in [3.05, 3.63) is 11.7 Å². The molecule has 0 saturated heterocycles. The van der Waals surface area contributed by atoms with Gasteiger partial charge in [0.25, 0.3) is 0 Å². The summed E-state index contributed by atoms with van der Waals surface area (Å²) in [6.45, 7) is 1.14. The van der Waals surface area contributed by atoms with Gasteiger partial charge >= 0.3 is 6.18 Å². The average molecular weight is 290 g/mol. The lowest BCUT2D eigenvalue weighted by molar-refractivity contribution is -0.172. The number of Topliss-reactive ketones (excluding diaryl/α,β-unsaturated/α-hetero) is 1. The summed E-state index contributed by atoms with van der Waals surface area (Å²) in [6.07, 6.45) is 1.39. The lowest BCUT2D eigenvalue weighted by atomic mass is 10.00. The van der Waals surface area contributed by atoms with Crippen molar-refractivity contribution in [1.82, 2.24) is 10.1 Å². The first-order valence-corrected chi connectivity index (χ1v) is 6.84. The van der Waals surface area contributed by atoms with Crippen molar-refractivity contribution in [2.45, 2.75) is 63.5 Å². The van der Waals surface area contributed by atoms with E-state index < -0.39 is 17.9 Å². The van der Waals surface area contributed by atoms with Gasteiger partial charge in [-0.25, -0.2) is 0 Å². The first-order valence-electron chi connectivity index (χ1n) is 6.84. The molecule has 112 valence electrons. The molecule has 1 saturated carbocycles. The molecule has 0 aromatic carbocycles. The molecule has 0 bridgehead atoms. The topological polar surface area (TPSA) is 56.0 Å². The highest BCUT2D eigenvalue weighted by molar-refractivity contribution is 5.89. The number of hydrogen-bond acceptors (Lipinski definition) is 4. The number of carbonyl (C=O) groups excluding carboxylic acids is 1. The summed E-state index contributed by atoms with van der Waals surface area (Å²) in [5, 5.41) is 3.76. The second kappa shape index (κ2) is 5.93. The molecule has 0 radical (unpaired) electrons. The maximum absolute atomic E-state index is 12.4.